The molecule has 1 aromatic heterocycles. The summed E-state index contributed by atoms with van der Waals surface area (Å²) >= 11 is 12.1. The van der Waals surface area contributed by atoms with Crippen LogP contribution < -0.4 is 10.6 Å². The molecule has 7 heteroatoms. The lowest BCUT2D eigenvalue weighted by molar-refractivity contribution is 0.0691. The zero-order chi connectivity index (χ0) is 14.8. The van der Waals surface area contributed by atoms with Crippen molar-refractivity contribution >= 4 is 34.8 Å². The summed E-state index contributed by atoms with van der Waals surface area (Å²) in [6, 6.07) is 1.68. The number of nitrogens with zero attached hydrogens (tertiary/aromatic N) is 1. The number of pyridine rings is 1. The third-order valence-corrected chi connectivity index (χ3v) is 3.18. The second-order valence-electron chi connectivity index (χ2n) is 4.14. The molecule has 0 aromatic carbocycles. The molecule has 0 fully saturated rings. The quantitative estimate of drug-likeness (QED) is 0.648. The standard InChI is InChI=1S/C13H21Cl2N3O2/c1-16-12-10(14)9-11(15)13(18-12)17-5-3-4-6-20-8-7-19-2/h9H,3-8H2,1-2H3,(H2,16,17,18). The Bertz CT molecular complexity index is 405. The molecule has 0 saturated heterocycles. The molecular formula is C13H21Cl2N3O2. The van der Waals surface area contributed by atoms with Crippen LogP contribution in [0.5, 0.6) is 0 Å². The van der Waals surface area contributed by atoms with Crippen molar-refractivity contribution in [3.63, 3.8) is 0 Å². The molecule has 0 spiro atoms. The summed E-state index contributed by atoms with van der Waals surface area (Å²) in [5, 5.41) is 7.14. The summed E-state index contributed by atoms with van der Waals surface area (Å²) in [7, 11) is 3.43. The Morgan fingerprint density at radius 1 is 1.10 bits per heavy atom. The zero-order valence-electron chi connectivity index (χ0n) is 11.8. The van der Waals surface area contributed by atoms with Gasteiger partial charge in [0.2, 0.25) is 0 Å². The van der Waals surface area contributed by atoms with Crippen molar-refractivity contribution in [2.24, 2.45) is 0 Å². The van der Waals surface area contributed by atoms with E-state index in [0.29, 0.717) is 34.9 Å². The molecule has 0 aliphatic rings. The van der Waals surface area contributed by atoms with Gasteiger partial charge >= 0.3 is 0 Å². The van der Waals surface area contributed by atoms with Gasteiger partial charge in [-0.2, -0.15) is 0 Å². The van der Waals surface area contributed by atoms with Gasteiger partial charge in [0, 0.05) is 27.3 Å². The van der Waals surface area contributed by atoms with Gasteiger partial charge in [-0.1, -0.05) is 23.2 Å². The highest BCUT2D eigenvalue weighted by atomic mass is 35.5. The molecule has 0 saturated carbocycles. The fourth-order valence-corrected chi connectivity index (χ4v) is 2.07. The largest absolute Gasteiger partial charge is 0.382 e. The number of nitrogens with one attached hydrogen (secondary N) is 2. The van der Waals surface area contributed by atoms with Crippen LogP contribution >= 0.6 is 23.2 Å². The smallest absolute Gasteiger partial charge is 0.147 e. The molecule has 1 rings (SSSR count). The zero-order valence-corrected chi connectivity index (χ0v) is 13.4. The van der Waals surface area contributed by atoms with Gasteiger partial charge < -0.3 is 20.1 Å². The van der Waals surface area contributed by atoms with Gasteiger partial charge in [0.1, 0.15) is 11.6 Å². The number of ether oxygens (including phenoxy) is 2. The summed E-state index contributed by atoms with van der Waals surface area (Å²) in [4.78, 5) is 4.31. The molecular weight excluding hydrogens is 301 g/mol. The molecule has 114 valence electrons. The van der Waals surface area contributed by atoms with Gasteiger partial charge in [0.05, 0.1) is 23.3 Å². The van der Waals surface area contributed by atoms with Crippen LogP contribution in [0.2, 0.25) is 10.0 Å². The average molecular weight is 322 g/mol. The molecule has 0 bridgehead atoms. The van der Waals surface area contributed by atoms with Crippen LogP contribution in [0.4, 0.5) is 11.6 Å². The van der Waals surface area contributed by atoms with Crippen LogP contribution in [0, 0.1) is 0 Å². The second kappa shape index (κ2) is 10.0. The lowest BCUT2D eigenvalue weighted by atomic mass is 10.3. The van der Waals surface area contributed by atoms with Crippen molar-refractivity contribution in [1.29, 1.82) is 0 Å². The third-order valence-electron chi connectivity index (χ3n) is 2.61. The summed E-state index contributed by atoms with van der Waals surface area (Å²) in [6.07, 6.45) is 1.95. The first-order valence-corrected chi connectivity index (χ1v) is 7.29. The van der Waals surface area contributed by atoms with Crippen LogP contribution in [0.1, 0.15) is 12.8 Å². The highest BCUT2D eigenvalue weighted by Crippen LogP contribution is 2.28. The fourth-order valence-electron chi connectivity index (χ4n) is 1.55. The number of anilines is 2. The number of aromatic nitrogens is 1. The van der Waals surface area contributed by atoms with Crippen LogP contribution in [-0.4, -0.2) is 45.5 Å². The molecule has 0 unspecified atom stereocenters. The van der Waals surface area contributed by atoms with Crippen LogP contribution in [0.25, 0.3) is 0 Å². The summed E-state index contributed by atoms with van der Waals surface area (Å²) in [5.74, 6) is 1.25. The predicted octanol–water partition coefficient (Wildman–Crippen LogP) is 3.29. The first kappa shape index (κ1) is 17.3. The van der Waals surface area contributed by atoms with Gasteiger partial charge in [-0.3, -0.25) is 0 Å². The SMILES string of the molecule is CNc1nc(NCCCCOCCOC)c(Cl)cc1Cl. The minimum Gasteiger partial charge on any atom is -0.382 e. The topological polar surface area (TPSA) is 55.4 Å². The number of methoxy groups -OCH3 is 1. The number of unbranched alkanes of at least 4 members (excludes halogenated alkanes) is 1. The van der Waals surface area contributed by atoms with Crippen molar-refractivity contribution in [3.8, 4) is 0 Å². The number of hydrogen-bond donors (Lipinski definition) is 2. The van der Waals surface area contributed by atoms with E-state index >= 15 is 0 Å². The highest BCUT2D eigenvalue weighted by molar-refractivity contribution is 6.37. The number of hydrogen-bond acceptors (Lipinski definition) is 5. The molecule has 1 heterocycles. The Labute approximate surface area is 130 Å². The molecule has 0 radical (unpaired) electrons. The van der Waals surface area contributed by atoms with Crippen LogP contribution in [0.3, 0.4) is 0 Å². The van der Waals surface area contributed by atoms with Crippen molar-refractivity contribution < 1.29 is 9.47 Å². The van der Waals surface area contributed by atoms with E-state index in [1.54, 1.807) is 20.2 Å². The second-order valence-corrected chi connectivity index (χ2v) is 4.95. The fraction of sp³-hybridized carbons (Fsp3) is 0.615. The van der Waals surface area contributed by atoms with Gasteiger partial charge in [-0.05, 0) is 18.9 Å². The number of halogens is 2. The van der Waals surface area contributed by atoms with Crippen molar-refractivity contribution in [1.82, 2.24) is 4.98 Å². The van der Waals surface area contributed by atoms with E-state index in [-0.39, 0.29) is 0 Å². The molecule has 0 amide bonds. The highest BCUT2D eigenvalue weighted by Gasteiger charge is 2.07. The van der Waals surface area contributed by atoms with E-state index in [2.05, 4.69) is 15.6 Å². The Balaban J connectivity index is 2.25. The normalized spacial score (nSPS) is 10.6. The number of rotatable bonds is 10. The molecule has 1 aromatic rings. The van der Waals surface area contributed by atoms with Gasteiger partial charge in [0.15, 0.2) is 0 Å². The van der Waals surface area contributed by atoms with E-state index in [0.717, 1.165) is 26.0 Å². The minimum absolute atomic E-state index is 0.509. The van der Waals surface area contributed by atoms with Gasteiger partial charge in [-0.25, -0.2) is 4.98 Å². The van der Waals surface area contributed by atoms with E-state index in [1.165, 1.54) is 0 Å². The first-order chi connectivity index (χ1) is 9.69. The molecule has 20 heavy (non-hydrogen) atoms. The summed E-state index contributed by atoms with van der Waals surface area (Å²) in [5.41, 5.74) is 0. The maximum atomic E-state index is 6.08. The van der Waals surface area contributed by atoms with E-state index in [1.807, 2.05) is 0 Å². The molecule has 2 N–H and O–H groups in total. The van der Waals surface area contributed by atoms with Crippen molar-refractivity contribution in [3.05, 3.63) is 16.1 Å². The van der Waals surface area contributed by atoms with Crippen LogP contribution in [0.15, 0.2) is 6.07 Å². The Kier molecular flexibility index (Phi) is 8.69. The Morgan fingerprint density at radius 3 is 2.55 bits per heavy atom. The molecule has 0 aliphatic heterocycles. The Hall–Kier alpha value is -0.750. The third kappa shape index (κ3) is 6.13. The maximum Gasteiger partial charge on any atom is 0.147 e. The predicted molar refractivity (Wildman–Crippen MR) is 84.2 cm³/mol. The van der Waals surface area contributed by atoms with Crippen LogP contribution in [-0.2, 0) is 9.47 Å². The average Bonchev–Trinajstić information content (AvgIpc) is 2.43. The lowest BCUT2D eigenvalue weighted by Crippen LogP contribution is -2.08. The molecule has 5 nitrogen and oxygen atoms in total. The van der Waals surface area contributed by atoms with Crippen molar-refractivity contribution in [2.45, 2.75) is 12.8 Å². The molecule has 0 atom stereocenters. The minimum atomic E-state index is 0.509. The monoisotopic (exact) mass is 321 g/mol. The first-order valence-electron chi connectivity index (χ1n) is 6.53. The summed E-state index contributed by atoms with van der Waals surface area (Å²) in [6.45, 7) is 2.79. The van der Waals surface area contributed by atoms with E-state index < -0.39 is 0 Å². The van der Waals surface area contributed by atoms with Crippen molar-refractivity contribution in [2.75, 3.05) is 51.2 Å². The van der Waals surface area contributed by atoms with Gasteiger partial charge in [0.25, 0.3) is 0 Å². The molecule has 0 aliphatic carbocycles. The Morgan fingerprint density at radius 2 is 1.85 bits per heavy atom. The summed E-state index contributed by atoms with van der Waals surface area (Å²) < 4.78 is 10.3. The lowest BCUT2D eigenvalue weighted by Gasteiger charge is -2.10. The maximum absolute atomic E-state index is 6.08. The van der Waals surface area contributed by atoms with Gasteiger partial charge in [-0.15, -0.1) is 0 Å². The van der Waals surface area contributed by atoms with E-state index in [4.69, 9.17) is 32.7 Å². The van der Waals surface area contributed by atoms with E-state index in [9.17, 15) is 0 Å².